The third kappa shape index (κ3) is 4.70. The fraction of sp³-hybridized carbons (Fsp3) is 0.276. The minimum Gasteiger partial charge on any atom is -0.452 e. The van der Waals surface area contributed by atoms with Gasteiger partial charge in [-0.25, -0.2) is 23.2 Å². The van der Waals surface area contributed by atoms with Gasteiger partial charge in [-0.2, -0.15) is 4.31 Å². The lowest BCUT2D eigenvalue weighted by Gasteiger charge is -2.35. The highest BCUT2D eigenvalue weighted by atomic mass is 32.2. The van der Waals surface area contributed by atoms with Crippen molar-refractivity contribution in [3.8, 4) is 11.3 Å². The molecule has 3 aromatic carbocycles. The molecule has 0 saturated carbocycles. The van der Waals surface area contributed by atoms with Gasteiger partial charge in [0, 0.05) is 38.3 Å². The molecule has 0 radical (unpaired) electrons. The summed E-state index contributed by atoms with van der Waals surface area (Å²) in [7, 11) is -2.36. The molecule has 6 rings (SSSR count). The number of rotatable bonds is 4. The van der Waals surface area contributed by atoms with Gasteiger partial charge in [0.05, 0.1) is 28.7 Å². The number of fused-ring (bicyclic) bond motifs is 2. The molecule has 0 bridgehead atoms. The van der Waals surface area contributed by atoms with Crippen molar-refractivity contribution in [1.29, 1.82) is 0 Å². The number of methoxy groups -OCH3 is 1. The van der Waals surface area contributed by atoms with Gasteiger partial charge in [0.15, 0.2) is 5.82 Å². The first-order chi connectivity index (χ1) is 19.0. The van der Waals surface area contributed by atoms with Crippen LogP contribution >= 0.6 is 0 Å². The molecule has 39 heavy (non-hydrogen) atoms. The average molecular weight is 544 g/mol. The van der Waals surface area contributed by atoms with Crippen LogP contribution in [-0.2, 0) is 21.2 Å². The van der Waals surface area contributed by atoms with Crippen molar-refractivity contribution < 1.29 is 17.9 Å². The monoisotopic (exact) mass is 543 g/mol. The number of carbonyl (C=O) groups excluding carboxylic acids is 1. The Morgan fingerprint density at radius 3 is 2.26 bits per heavy atom. The highest BCUT2D eigenvalue weighted by molar-refractivity contribution is 7.89. The number of amides is 1. The van der Waals surface area contributed by atoms with Crippen molar-refractivity contribution in [2.45, 2.75) is 17.7 Å². The van der Waals surface area contributed by atoms with E-state index in [1.54, 1.807) is 23.1 Å². The zero-order valence-electron chi connectivity index (χ0n) is 21.7. The summed E-state index contributed by atoms with van der Waals surface area (Å²) in [5.74, 6) is 0.758. The lowest BCUT2D eigenvalue weighted by atomic mass is 10.0. The van der Waals surface area contributed by atoms with Gasteiger partial charge in [0.2, 0.25) is 10.0 Å². The van der Waals surface area contributed by atoms with Gasteiger partial charge in [-0.1, -0.05) is 42.5 Å². The second-order valence-corrected chi connectivity index (χ2v) is 11.6. The molecule has 10 heteroatoms. The molecule has 200 valence electrons. The van der Waals surface area contributed by atoms with Gasteiger partial charge in [-0.3, -0.25) is 4.90 Å². The van der Waals surface area contributed by atoms with E-state index in [1.807, 2.05) is 54.6 Å². The largest absolute Gasteiger partial charge is 0.452 e. The Hall–Kier alpha value is -4.02. The van der Waals surface area contributed by atoms with E-state index in [0.29, 0.717) is 44.8 Å². The molecule has 1 fully saturated rings. The van der Waals surface area contributed by atoms with E-state index >= 15 is 0 Å². The number of aromatic nitrogens is 2. The SMILES string of the molecule is COC(=O)N1CCCc2cc(S(=O)(=O)N3CCN(c4nc5ccccc5nc4-c4ccccc4)CC3)ccc21. The number of nitrogens with zero attached hydrogens (tertiary/aromatic N) is 5. The molecule has 1 amide bonds. The van der Waals surface area contributed by atoms with Crippen LogP contribution in [0, 0.1) is 0 Å². The molecule has 1 saturated heterocycles. The van der Waals surface area contributed by atoms with E-state index in [0.717, 1.165) is 40.1 Å². The molecule has 1 aromatic heterocycles. The maximum atomic E-state index is 13.6. The standard InChI is InChI=1S/C29H29N5O4S/c1-38-29(35)34-15-7-10-22-20-23(13-14-26(22)34)39(36,37)33-18-16-32(17-19-33)28-27(21-8-3-2-4-9-21)30-24-11-5-6-12-25(24)31-28/h2-6,8-9,11-14,20H,7,10,15-19H2,1H3. The first-order valence-electron chi connectivity index (χ1n) is 13.0. The normalized spacial score (nSPS) is 16.2. The van der Waals surface area contributed by atoms with Gasteiger partial charge in [-0.05, 0) is 48.7 Å². The summed E-state index contributed by atoms with van der Waals surface area (Å²) < 4.78 is 33.7. The first kappa shape index (κ1) is 25.3. The minimum atomic E-state index is -3.71. The predicted molar refractivity (Wildman–Crippen MR) is 150 cm³/mol. The van der Waals surface area contributed by atoms with Crippen LogP contribution in [0.25, 0.3) is 22.3 Å². The first-order valence-corrected chi connectivity index (χ1v) is 14.5. The summed E-state index contributed by atoms with van der Waals surface area (Å²) in [6, 6.07) is 22.7. The molecule has 4 aromatic rings. The highest BCUT2D eigenvalue weighted by Crippen LogP contribution is 2.33. The van der Waals surface area contributed by atoms with E-state index in [4.69, 9.17) is 14.7 Å². The summed E-state index contributed by atoms with van der Waals surface area (Å²) >= 11 is 0. The smallest absolute Gasteiger partial charge is 0.414 e. The number of carbonyl (C=O) groups is 1. The molecule has 0 aliphatic carbocycles. The molecule has 2 aliphatic heterocycles. The van der Waals surface area contributed by atoms with Crippen LogP contribution in [0.4, 0.5) is 16.3 Å². The van der Waals surface area contributed by atoms with Gasteiger partial charge in [0.25, 0.3) is 0 Å². The summed E-state index contributed by atoms with van der Waals surface area (Å²) in [6.07, 6.45) is 1.03. The third-order valence-electron chi connectivity index (χ3n) is 7.34. The molecule has 9 nitrogen and oxygen atoms in total. The van der Waals surface area contributed by atoms with Crippen molar-refractivity contribution in [3.05, 3.63) is 78.4 Å². The molecular formula is C29H29N5O4S. The topological polar surface area (TPSA) is 95.9 Å². The van der Waals surface area contributed by atoms with Gasteiger partial charge in [-0.15, -0.1) is 0 Å². The van der Waals surface area contributed by atoms with Crippen LogP contribution in [0.3, 0.4) is 0 Å². The van der Waals surface area contributed by atoms with Crippen LogP contribution in [0.15, 0.2) is 77.7 Å². The second kappa shape index (κ2) is 10.3. The van der Waals surface area contributed by atoms with Gasteiger partial charge in [0.1, 0.15) is 5.69 Å². The van der Waals surface area contributed by atoms with Gasteiger partial charge >= 0.3 is 6.09 Å². The molecule has 2 aliphatic rings. The Labute approximate surface area is 227 Å². The maximum absolute atomic E-state index is 13.6. The zero-order valence-corrected chi connectivity index (χ0v) is 22.5. The Kier molecular flexibility index (Phi) is 6.66. The van der Waals surface area contributed by atoms with E-state index in [9.17, 15) is 13.2 Å². The van der Waals surface area contributed by atoms with Crippen molar-refractivity contribution in [1.82, 2.24) is 14.3 Å². The van der Waals surface area contributed by atoms with E-state index in [2.05, 4.69) is 4.90 Å². The number of ether oxygens (including phenoxy) is 1. The van der Waals surface area contributed by atoms with Crippen molar-refractivity contribution in [3.63, 3.8) is 0 Å². The van der Waals surface area contributed by atoms with Crippen LogP contribution in [-0.4, -0.2) is 68.6 Å². The molecule has 0 N–H and O–H groups in total. The highest BCUT2D eigenvalue weighted by Gasteiger charge is 2.32. The molecular weight excluding hydrogens is 514 g/mol. The van der Waals surface area contributed by atoms with E-state index < -0.39 is 16.1 Å². The van der Waals surface area contributed by atoms with Crippen molar-refractivity contribution in [2.75, 3.05) is 49.6 Å². The molecule has 0 atom stereocenters. The predicted octanol–water partition coefficient (Wildman–Crippen LogP) is 4.33. The fourth-order valence-corrected chi connectivity index (χ4v) is 6.80. The zero-order chi connectivity index (χ0) is 27.0. The van der Waals surface area contributed by atoms with Crippen LogP contribution in [0.2, 0.25) is 0 Å². The number of hydrogen-bond acceptors (Lipinski definition) is 7. The van der Waals surface area contributed by atoms with Crippen molar-refractivity contribution in [2.24, 2.45) is 0 Å². The molecule has 0 unspecified atom stereocenters. The molecule has 0 spiro atoms. The van der Waals surface area contributed by atoms with E-state index in [-0.39, 0.29) is 4.90 Å². The maximum Gasteiger partial charge on any atom is 0.414 e. The second-order valence-electron chi connectivity index (χ2n) is 9.66. The average Bonchev–Trinajstić information content (AvgIpc) is 3.00. The van der Waals surface area contributed by atoms with Crippen LogP contribution in [0.1, 0.15) is 12.0 Å². The summed E-state index contributed by atoms with van der Waals surface area (Å²) in [5, 5.41) is 0. The number of piperazine rings is 1. The summed E-state index contributed by atoms with van der Waals surface area (Å²) in [6.45, 7) is 2.20. The van der Waals surface area contributed by atoms with Crippen LogP contribution in [0.5, 0.6) is 0 Å². The number of benzene rings is 3. The van der Waals surface area contributed by atoms with E-state index in [1.165, 1.54) is 11.4 Å². The van der Waals surface area contributed by atoms with Crippen LogP contribution < -0.4 is 9.80 Å². The summed E-state index contributed by atoms with van der Waals surface area (Å²) in [5.41, 5.74) is 4.92. The third-order valence-corrected chi connectivity index (χ3v) is 9.23. The number of anilines is 2. The number of hydrogen-bond donors (Lipinski definition) is 0. The lowest BCUT2D eigenvalue weighted by molar-refractivity contribution is 0.178. The number of aryl methyl sites for hydroxylation is 1. The minimum absolute atomic E-state index is 0.247. The quantitative estimate of drug-likeness (QED) is 0.378. The molecule has 3 heterocycles. The number of sulfonamides is 1. The lowest BCUT2D eigenvalue weighted by Crippen LogP contribution is -2.49. The Bertz CT molecular complexity index is 1640. The Balaban J connectivity index is 1.25. The summed E-state index contributed by atoms with van der Waals surface area (Å²) in [4.78, 5) is 26.0. The Morgan fingerprint density at radius 1 is 0.846 bits per heavy atom. The number of para-hydroxylation sites is 2. The fourth-order valence-electron chi connectivity index (χ4n) is 5.32. The van der Waals surface area contributed by atoms with Gasteiger partial charge < -0.3 is 9.64 Å². The van der Waals surface area contributed by atoms with Crippen molar-refractivity contribution >= 4 is 38.7 Å². The Morgan fingerprint density at radius 2 is 1.54 bits per heavy atom.